The first-order chi connectivity index (χ1) is 8.10. The molecule has 3 atom stereocenters. The third kappa shape index (κ3) is 2.99. The number of rotatable bonds is 4. The molecule has 0 radical (unpaired) electrons. The Labute approximate surface area is 103 Å². The monoisotopic (exact) mass is 240 g/mol. The topological polar surface area (TPSA) is 55.6 Å². The van der Waals surface area contributed by atoms with E-state index in [0.29, 0.717) is 12.5 Å². The summed E-state index contributed by atoms with van der Waals surface area (Å²) in [7, 11) is 0. The highest BCUT2D eigenvalue weighted by molar-refractivity contribution is 5.79. The average Bonchev–Trinajstić information content (AvgIpc) is 2.64. The maximum atomic E-state index is 12.4. The van der Waals surface area contributed by atoms with Gasteiger partial charge in [0.15, 0.2) is 0 Å². The van der Waals surface area contributed by atoms with Gasteiger partial charge in [0.25, 0.3) is 0 Å². The van der Waals surface area contributed by atoms with Gasteiger partial charge in [0.05, 0.1) is 18.1 Å². The molecule has 2 bridgehead atoms. The Morgan fingerprint density at radius 2 is 1.94 bits per heavy atom. The van der Waals surface area contributed by atoms with Crippen molar-refractivity contribution < 1.29 is 9.53 Å². The third-order valence-electron chi connectivity index (χ3n) is 3.74. The lowest BCUT2D eigenvalue weighted by atomic mass is 9.95. The molecule has 0 aromatic rings. The number of amides is 1. The molecule has 4 heteroatoms. The summed E-state index contributed by atoms with van der Waals surface area (Å²) in [6, 6.07) is 0. The number of carbonyl (C=O) groups is 1. The highest BCUT2D eigenvalue weighted by atomic mass is 16.5. The largest absolute Gasteiger partial charge is 0.371 e. The average molecular weight is 240 g/mol. The second-order valence-electron chi connectivity index (χ2n) is 5.76. The van der Waals surface area contributed by atoms with E-state index < -0.39 is 0 Å². The van der Waals surface area contributed by atoms with E-state index in [2.05, 4.69) is 13.8 Å². The van der Waals surface area contributed by atoms with E-state index >= 15 is 0 Å². The molecule has 3 unspecified atom stereocenters. The third-order valence-corrected chi connectivity index (χ3v) is 3.74. The number of carbonyl (C=O) groups excluding carboxylic acids is 1. The fraction of sp³-hybridized carbons (Fsp3) is 0.923. The molecule has 1 amide bonds. The minimum absolute atomic E-state index is 0.00694. The Kier molecular flexibility index (Phi) is 4.05. The summed E-state index contributed by atoms with van der Waals surface area (Å²) in [6.45, 7) is 6.27. The van der Waals surface area contributed by atoms with Gasteiger partial charge in [0.2, 0.25) is 5.91 Å². The van der Waals surface area contributed by atoms with Crippen LogP contribution in [0.25, 0.3) is 0 Å². The normalized spacial score (nSPS) is 29.8. The van der Waals surface area contributed by atoms with Crippen LogP contribution in [-0.2, 0) is 9.53 Å². The van der Waals surface area contributed by atoms with Crippen LogP contribution >= 0.6 is 0 Å². The lowest BCUT2D eigenvalue weighted by molar-refractivity contribution is -0.144. The molecule has 2 rings (SSSR count). The van der Waals surface area contributed by atoms with Crippen LogP contribution in [0.3, 0.4) is 0 Å². The smallest absolute Gasteiger partial charge is 0.227 e. The molecular formula is C13H24N2O2. The fourth-order valence-corrected chi connectivity index (χ4v) is 2.92. The fourth-order valence-electron chi connectivity index (χ4n) is 2.92. The maximum absolute atomic E-state index is 12.4. The number of nitrogens with two attached hydrogens (primary N) is 1. The molecule has 2 fully saturated rings. The van der Waals surface area contributed by atoms with Gasteiger partial charge in [0, 0.05) is 19.6 Å². The number of likely N-dealkylation sites (tertiary alicyclic amines) is 1. The van der Waals surface area contributed by atoms with Crippen molar-refractivity contribution in [3.63, 3.8) is 0 Å². The van der Waals surface area contributed by atoms with E-state index in [9.17, 15) is 4.79 Å². The van der Waals surface area contributed by atoms with Gasteiger partial charge in [-0.05, 0) is 25.2 Å². The van der Waals surface area contributed by atoms with Crippen molar-refractivity contribution in [1.29, 1.82) is 0 Å². The number of nitrogens with zero attached hydrogens (tertiary/aromatic N) is 1. The van der Waals surface area contributed by atoms with E-state index in [1.54, 1.807) is 0 Å². The van der Waals surface area contributed by atoms with Crippen LogP contribution in [-0.4, -0.2) is 42.6 Å². The van der Waals surface area contributed by atoms with Crippen LogP contribution in [0.5, 0.6) is 0 Å². The summed E-state index contributed by atoms with van der Waals surface area (Å²) in [4.78, 5) is 14.4. The van der Waals surface area contributed by atoms with Crippen molar-refractivity contribution in [2.24, 2.45) is 17.6 Å². The van der Waals surface area contributed by atoms with E-state index in [0.717, 1.165) is 32.4 Å². The van der Waals surface area contributed by atoms with Crippen molar-refractivity contribution in [2.45, 2.75) is 45.3 Å². The molecule has 2 N–H and O–H groups in total. The lowest BCUT2D eigenvalue weighted by Gasteiger charge is -2.34. The molecule has 0 aliphatic carbocycles. The van der Waals surface area contributed by atoms with Crippen molar-refractivity contribution in [1.82, 2.24) is 4.90 Å². The minimum atomic E-state index is -0.00694. The van der Waals surface area contributed by atoms with E-state index in [4.69, 9.17) is 10.5 Å². The van der Waals surface area contributed by atoms with Crippen LogP contribution < -0.4 is 5.73 Å². The molecule has 17 heavy (non-hydrogen) atoms. The van der Waals surface area contributed by atoms with E-state index in [-0.39, 0.29) is 24.0 Å². The Morgan fingerprint density at radius 3 is 2.41 bits per heavy atom. The molecule has 0 saturated carbocycles. The predicted molar refractivity (Wildman–Crippen MR) is 66.5 cm³/mol. The molecule has 4 nitrogen and oxygen atoms in total. The van der Waals surface area contributed by atoms with Crippen molar-refractivity contribution >= 4 is 5.91 Å². The Hall–Kier alpha value is -0.610. The van der Waals surface area contributed by atoms with Gasteiger partial charge in [-0.15, -0.1) is 0 Å². The van der Waals surface area contributed by atoms with Crippen molar-refractivity contribution in [3.05, 3.63) is 0 Å². The zero-order chi connectivity index (χ0) is 12.4. The molecule has 0 aromatic heterocycles. The lowest BCUT2D eigenvalue weighted by Crippen LogP contribution is -2.49. The van der Waals surface area contributed by atoms with Crippen LogP contribution in [0.1, 0.15) is 33.1 Å². The van der Waals surface area contributed by atoms with Gasteiger partial charge in [-0.2, -0.15) is 0 Å². The zero-order valence-corrected chi connectivity index (χ0v) is 10.9. The SMILES string of the molecule is CC(C)CC(CN)C(=O)N1CC2CCC(C1)O2. The Bertz CT molecular complexity index is 269. The molecular weight excluding hydrogens is 216 g/mol. The number of fused-ring (bicyclic) bond motifs is 2. The predicted octanol–water partition coefficient (Wildman–Crippen LogP) is 0.997. The summed E-state index contributed by atoms with van der Waals surface area (Å²) in [5.74, 6) is 0.749. The van der Waals surface area contributed by atoms with Gasteiger partial charge in [-0.25, -0.2) is 0 Å². The summed E-state index contributed by atoms with van der Waals surface area (Å²) < 4.78 is 5.75. The Balaban J connectivity index is 1.94. The maximum Gasteiger partial charge on any atom is 0.227 e. The number of hydrogen-bond donors (Lipinski definition) is 1. The second-order valence-corrected chi connectivity index (χ2v) is 5.76. The molecule has 2 aliphatic rings. The molecule has 2 saturated heterocycles. The van der Waals surface area contributed by atoms with E-state index in [1.165, 1.54) is 0 Å². The summed E-state index contributed by atoms with van der Waals surface area (Å²) in [5, 5.41) is 0. The first kappa shape index (κ1) is 12.8. The molecule has 2 heterocycles. The van der Waals surface area contributed by atoms with Crippen molar-refractivity contribution in [2.75, 3.05) is 19.6 Å². The van der Waals surface area contributed by atoms with Crippen LogP contribution in [0, 0.1) is 11.8 Å². The second kappa shape index (κ2) is 5.36. The standard InChI is InChI=1S/C13H24N2O2/c1-9(2)5-10(6-14)13(16)15-7-11-3-4-12(8-15)17-11/h9-12H,3-8,14H2,1-2H3. The molecule has 0 aromatic carbocycles. The van der Waals surface area contributed by atoms with Gasteiger partial charge < -0.3 is 15.4 Å². The molecule has 98 valence electrons. The van der Waals surface area contributed by atoms with Crippen LogP contribution in [0.4, 0.5) is 0 Å². The van der Waals surface area contributed by atoms with Crippen LogP contribution in [0.2, 0.25) is 0 Å². The summed E-state index contributed by atoms with van der Waals surface area (Å²) >= 11 is 0. The van der Waals surface area contributed by atoms with Crippen molar-refractivity contribution in [3.8, 4) is 0 Å². The quantitative estimate of drug-likeness (QED) is 0.797. The van der Waals surface area contributed by atoms with Crippen LogP contribution in [0.15, 0.2) is 0 Å². The van der Waals surface area contributed by atoms with Gasteiger partial charge in [-0.1, -0.05) is 13.8 Å². The van der Waals surface area contributed by atoms with Gasteiger partial charge in [0.1, 0.15) is 0 Å². The summed E-state index contributed by atoms with van der Waals surface area (Å²) in [5.41, 5.74) is 5.73. The first-order valence-electron chi connectivity index (χ1n) is 6.74. The summed E-state index contributed by atoms with van der Waals surface area (Å²) in [6.07, 6.45) is 3.64. The van der Waals surface area contributed by atoms with E-state index in [1.807, 2.05) is 4.90 Å². The number of ether oxygens (including phenoxy) is 1. The molecule has 2 aliphatic heterocycles. The Morgan fingerprint density at radius 1 is 1.35 bits per heavy atom. The molecule has 0 spiro atoms. The van der Waals surface area contributed by atoms with Gasteiger partial charge in [-0.3, -0.25) is 4.79 Å². The number of hydrogen-bond acceptors (Lipinski definition) is 3. The minimum Gasteiger partial charge on any atom is -0.371 e. The number of morpholine rings is 1. The first-order valence-corrected chi connectivity index (χ1v) is 6.74. The van der Waals surface area contributed by atoms with Gasteiger partial charge >= 0.3 is 0 Å². The highest BCUT2D eigenvalue weighted by Crippen LogP contribution is 2.27. The highest BCUT2D eigenvalue weighted by Gasteiger charge is 2.37. The zero-order valence-electron chi connectivity index (χ0n) is 10.9.